The highest BCUT2D eigenvalue weighted by Crippen LogP contribution is 2.23. The minimum Gasteiger partial charge on any atom is -0.313 e. The second-order valence-electron chi connectivity index (χ2n) is 4.74. The number of nitro groups is 1. The highest BCUT2D eigenvalue weighted by molar-refractivity contribution is 6.04. The molecule has 1 aromatic heterocycles. The van der Waals surface area contributed by atoms with Crippen molar-refractivity contribution in [2.24, 2.45) is 7.05 Å². The maximum Gasteiger partial charge on any atom is 0.271 e. The van der Waals surface area contributed by atoms with Gasteiger partial charge in [-0.25, -0.2) is 4.98 Å². The van der Waals surface area contributed by atoms with Gasteiger partial charge < -0.3 is 4.57 Å². The molecule has 7 heteroatoms. The van der Waals surface area contributed by atoms with Crippen LogP contribution in [0.1, 0.15) is 10.4 Å². The normalized spacial score (nSPS) is 10.6. The summed E-state index contributed by atoms with van der Waals surface area (Å²) >= 11 is 0. The maximum absolute atomic E-state index is 12.1. The van der Waals surface area contributed by atoms with Gasteiger partial charge in [0.15, 0.2) is 0 Å². The lowest BCUT2D eigenvalue weighted by Gasteiger charge is -2.04. The second kappa shape index (κ2) is 5.28. The van der Waals surface area contributed by atoms with Crippen molar-refractivity contribution in [3.8, 4) is 0 Å². The van der Waals surface area contributed by atoms with Crippen molar-refractivity contribution < 1.29 is 9.72 Å². The molecule has 0 aliphatic heterocycles. The summed E-state index contributed by atoms with van der Waals surface area (Å²) in [5.74, 6) is 0.0536. The molecule has 0 bridgehead atoms. The number of imidazole rings is 1. The molecule has 3 rings (SSSR count). The molecule has 0 saturated heterocycles. The third-order valence-corrected chi connectivity index (χ3v) is 3.34. The molecule has 0 atom stereocenters. The molecule has 0 unspecified atom stereocenters. The van der Waals surface area contributed by atoms with Crippen molar-refractivity contribution in [2.75, 3.05) is 5.32 Å². The van der Waals surface area contributed by atoms with Crippen LogP contribution in [0.15, 0.2) is 48.5 Å². The first-order valence-electron chi connectivity index (χ1n) is 6.53. The number of non-ortho nitro benzene ring substituents is 1. The zero-order chi connectivity index (χ0) is 15.7. The highest BCUT2D eigenvalue weighted by Gasteiger charge is 2.14. The number of hydrogen-bond acceptors (Lipinski definition) is 4. The molecule has 0 aliphatic carbocycles. The third-order valence-electron chi connectivity index (χ3n) is 3.34. The molecule has 1 heterocycles. The molecular formula is C15H12N4O3. The fourth-order valence-electron chi connectivity index (χ4n) is 2.18. The average Bonchev–Trinajstić information content (AvgIpc) is 2.84. The minimum atomic E-state index is -0.476. The van der Waals surface area contributed by atoms with Crippen LogP contribution in [0.5, 0.6) is 0 Å². The van der Waals surface area contributed by atoms with Gasteiger partial charge in [0, 0.05) is 24.7 Å². The number of carbonyl (C=O) groups is 1. The van der Waals surface area contributed by atoms with Crippen molar-refractivity contribution in [3.63, 3.8) is 0 Å². The van der Waals surface area contributed by atoms with E-state index in [0.717, 1.165) is 0 Å². The van der Waals surface area contributed by atoms with Gasteiger partial charge in [0.25, 0.3) is 11.6 Å². The molecular weight excluding hydrogens is 284 g/mol. The Balaban J connectivity index is 1.96. The highest BCUT2D eigenvalue weighted by atomic mass is 16.6. The third kappa shape index (κ3) is 2.39. The fourth-order valence-corrected chi connectivity index (χ4v) is 2.18. The van der Waals surface area contributed by atoms with E-state index in [1.54, 1.807) is 41.9 Å². The van der Waals surface area contributed by atoms with Crippen LogP contribution in [0.2, 0.25) is 0 Å². The maximum atomic E-state index is 12.1. The number of fused-ring (bicyclic) bond motifs is 1. The first-order valence-corrected chi connectivity index (χ1v) is 6.53. The van der Waals surface area contributed by atoms with E-state index in [9.17, 15) is 14.9 Å². The van der Waals surface area contributed by atoms with Gasteiger partial charge in [-0.1, -0.05) is 18.2 Å². The van der Waals surface area contributed by atoms with Gasteiger partial charge in [0.05, 0.1) is 16.0 Å². The van der Waals surface area contributed by atoms with E-state index in [2.05, 4.69) is 10.3 Å². The summed E-state index contributed by atoms with van der Waals surface area (Å²) in [6.45, 7) is 0. The lowest BCUT2D eigenvalue weighted by Crippen LogP contribution is -2.14. The Morgan fingerprint density at radius 1 is 1.23 bits per heavy atom. The number of rotatable bonds is 3. The molecule has 0 fully saturated rings. The number of nitrogens with one attached hydrogen (secondary N) is 1. The van der Waals surface area contributed by atoms with Crippen LogP contribution in [0.3, 0.4) is 0 Å². The Morgan fingerprint density at radius 2 is 1.95 bits per heavy atom. The predicted molar refractivity (Wildman–Crippen MR) is 81.8 cm³/mol. The van der Waals surface area contributed by atoms with Crippen molar-refractivity contribution in [1.29, 1.82) is 0 Å². The monoisotopic (exact) mass is 296 g/mol. The Morgan fingerprint density at radius 3 is 2.64 bits per heavy atom. The van der Waals surface area contributed by atoms with Crippen molar-refractivity contribution in [2.45, 2.75) is 0 Å². The van der Waals surface area contributed by atoms with Crippen LogP contribution >= 0.6 is 0 Å². The Labute approximate surface area is 125 Å². The van der Waals surface area contributed by atoms with E-state index >= 15 is 0 Å². The van der Waals surface area contributed by atoms with Crippen LogP contribution in [0.25, 0.3) is 11.0 Å². The number of amides is 1. The van der Waals surface area contributed by atoms with Gasteiger partial charge in [0.1, 0.15) is 0 Å². The molecule has 0 aliphatic rings. The average molecular weight is 296 g/mol. The smallest absolute Gasteiger partial charge is 0.271 e. The fraction of sp³-hybridized carbons (Fsp3) is 0.0667. The first kappa shape index (κ1) is 13.7. The van der Waals surface area contributed by atoms with Crippen LogP contribution < -0.4 is 5.32 Å². The molecule has 1 amide bonds. The minimum absolute atomic E-state index is 0.0356. The quantitative estimate of drug-likeness (QED) is 0.594. The molecule has 0 radical (unpaired) electrons. The molecule has 2 aromatic carbocycles. The number of aryl methyl sites for hydroxylation is 1. The molecule has 3 aromatic rings. The number of hydrogen-bond donors (Lipinski definition) is 1. The molecule has 1 N–H and O–H groups in total. The number of benzene rings is 2. The van der Waals surface area contributed by atoms with Crippen molar-refractivity contribution in [3.05, 3.63) is 64.2 Å². The summed E-state index contributed by atoms with van der Waals surface area (Å²) in [5.41, 5.74) is 1.64. The Kier molecular flexibility index (Phi) is 3.30. The molecule has 7 nitrogen and oxygen atoms in total. The summed E-state index contributed by atoms with van der Waals surface area (Å²) in [6, 6.07) is 13.2. The van der Waals surface area contributed by atoms with Gasteiger partial charge in [-0.05, 0) is 18.2 Å². The lowest BCUT2D eigenvalue weighted by molar-refractivity contribution is -0.384. The summed E-state index contributed by atoms with van der Waals surface area (Å²) in [4.78, 5) is 26.7. The van der Waals surface area contributed by atoms with Gasteiger partial charge in [0.2, 0.25) is 5.95 Å². The van der Waals surface area contributed by atoms with Crippen molar-refractivity contribution >= 4 is 28.6 Å². The summed E-state index contributed by atoms with van der Waals surface area (Å²) in [5, 5.41) is 13.5. The summed E-state index contributed by atoms with van der Waals surface area (Å²) in [6.07, 6.45) is 0. The number of nitro benzene ring substituents is 1. The van der Waals surface area contributed by atoms with Crippen LogP contribution in [-0.4, -0.2) is 20.4 Å². The van der Waals surface area contributed by atoms with E-state index in [0.29, 0.717) is 22.5 Å². The largest absolute Gasteiger partial charge is 0.313 e. The molecule has 110 valence electrons. The van der Waals surface area contributed by atoms with Gasteiger partial charge in [-0.15, -0.1) is 0 Å². The van der Waals surface area contributed by atoms with E-state index in [-0.39, 0.29) is 11.6 Å². The SMILES string of the molecule is Cn1c(NC(=O)c2ccccc2)nc2cc([N+](=O)[O-])ccc21. The number of nitrogens with zero attached hydrogens (tertiary/aromatic N) is 3. The van der Waals surface area contributed by atoms with Crippen LogP contribution in [-0.2, 0) is 7.05 Å². The summed E-state index contributed by atoms with van der Waals surface area (Å²) < 4.78 is 1.68. The topological polar surface area (TPSA) is 90.1 Å². The predicted octanol–water partition coefficient (Wildman–Crippen LogP) is 2.73. The van der Waals surface area contributed by atoms with Gasteiger partial charge in [-0.2, -0.15) is 0 Å². The van der Waals surface area contributed by atoms with Gasteiger partial charge >= 0.3 is 0 Å². The van der Waals surface area contributed by atoms with E-state index < -0.39 is 4.92 Å². The van der Waals surface area contributed by atoms with Crippen LogP contribution in [0.4, 0.5) is 11.6 Å². The first-order chi connectivity index (χ1) is 10.6. The number of carbonyl (C=O) groups excluding carboxylic acids is 1. The van der Waals surface area contributed by atoms with Gasteiger partial charge in [-0.3, -0.25) is 20.2 Å². The zero-order valence-electron chi connectivity index (χ0n) is 11.7. The van der Waals surface area contributed by atoms with E-state index in [4.69, 9.17) is 0 Å². The van der Waals surface area contributed by atoms with Crippen molar-refractivity contribution in [1.82, 2.24) is 9.55 Å². The zero-order valence-corrected chi connectivity index (χ0v) is 11.7. The lowest BCUT2D eigenvalue weighted by atomic mass is 10.2. The van der Waals surface area contributed by atoms with E-state index in [1.165, 1.54) is 12.1 Å². The second-order valence-corrected chi connectivity index (χ2v) is 4.74. The number of anilines is 1. The molecule has 0 saturated carbocycles. The summed E-state index contributed by atoms with van der Waals surface area (Å²) in [7, 11) is 1.74. The standard InChI is InChI=1S/C15H12N4O3/c1-18-13-8-7-11(19(21)22)9-12(13)16-15(18)17-14(20)10-5-3-2-4-6-10/h2-9H,1H3,(H,16,17,20). The number of aromatic nitrogens is 2. The molecule has 22 heavy (non-hydrogen) atoms. The van der Waals surface area contributed by atoms with Crippen LogP contribution in [0, 0.1) is 10.1 Å². The Bertz CT molecular complexity index is 871. The Hall–Kier alpha value is -3.22. The molecule has 0 spiro atoms. The van der Waals surface area contributed by atoms with E-state index in [1.807, 2.05) is 6.07 Å².